The van der Waals surface area contributed by atoms with E-state index in [9.17, 15) is 4.79 Å². The van der Waals surface area contributed by atoms with Crippen LogP contribution in [0.2, 0.25) is 0 Å². The van der Waals surface area contributed by atoms with Crippen molar-refractivity contribution in [3.8, 4) is 17.0 Å². The summed E-state index contributed by atoms with van der Waals surface area (Å²) < 4.78 is 5.81. The average Bonchev–Trinajstić information content (AvgIpc) is 2.99. The number of nitrogens with zero attached hydrogens (tertiary/aromatic N) is 1. The molecule has 0 atom stereocenters. The van der Waals surface area contributed by atoms with E-state index in [0.717, 1.165) is 22.6 Å². The Morgan fingerprint density at radius 1 is 1.21 bits per heavy atom. The molecular formula is C18H16BrN3O2. The minimum atomic E-state index is -0.259. The molecule has 0 radical (unpaired) electrons. The standard InChI is InChI=1S/C18H16BrN3O2/c1-11-10-13(24-2)8-9-14(11)20-18(23)17-15(19)16(21-22-17)12-6-4-3-5-7-12/h3-10H,1-2H3,(H,20,23)(H,21,22). The van der Waals surface area contributed by atoms with Gasteiger partial charge < -0.3 is 10.1 Å². The van der Waals surface area contributed by atoms with Crippen LogP contribution in [0.4, 0.5) is 5.69 Å². The van der Waals surface area contributed by atoms with Crippen LogP contribution in [0.25, 0.3) is 11.3 Å². The molecule has 0 aliphatic carbocycles. The highest BCUT2D eigenvalue weighted by molar-refractivity contribution is 9.10. The number of hydrogen-bond donors (Lipinski definition) is 2. The maximum Gasteiger partial charge on any atom is 0.274 e. The molecule has 2 N–H and O–H groups in total. The van der Waals surface area contributed by atoms with E-state index in [1.54, 1.807) is 13.2 Å². The predicted molar refractivity (Wildman–Crippen MR) is 97.4 cm³/mol. The zero-order chi connectivity index (χ0) is 17.1. The summed E-state index contributed by atoms with van der Waals surface area (Å²) in [5, 5.41) is 9.93. The third-order valence-electron chi connectivity index (χ3n) is 3.66. The Hall–Kier alpha value is -2.60. The van der Waals surface area contributed by atoms with Gasteiger partial charge in [0.1, 0.15) is 17.1 Å². The molecule has 6 heteroatoms. The van der Waals surface area contributed by atoms with Gasteiger partial charge in [0.2, 0.25) is 0 Å². The maximum absolute atomic E-state index is 12.5. The summed E-state index contributed by atoms with van der Waals surface area (Å²) in [5.74, 6) is 0.490. The Morgan fingerprint density at radius 3 is 2.62 bits per heavy atom. The first-order valence-electron chi connectivity index (χ1n) is 7.35. The summed E-state index contributed by atoms with van der Waals surface area (Å²) in [7, 11) is 1.61. The van der Waals surface area contributed by atoms with Crippen LogP contribution >= 0.6 is 15.9 Å². The highest BCUT2D eigenvalue weighted by Gasteiger charge is 2.19. The molecule has 0 fully saturated rings. The minimum Gasteiger partial charge on any atom is -0.497 e. The van der Waals surface area contributed by atoms with E-state index in [-0.39, 0.29) is 5.91 Å². The fourth-order valence-electron chi connectivity index (χ4n) is 2.35. The van der Waals surface area contributed by atoms with E-state index in [2.05, 4.69) is 31.4 Å². The lowest BCUT2D eigenvalue weighted by atomic mass is 10.1. The van der Waals surface area contributed by atoms with Crippen molar-refractivity contribution < 1.29 is 9.53 Å². The van der Waals surface area contributed by atoms with Crippen molar-refractivity contribution in [1.29, 1.82) is 0 Å². The SMILES string of the molecule is COc1ccc(NC(=O)c2[nH]nc(-c3ccccc3)c2Br)c(C)c1. The van der Waals surface area contributed by atoms with Crippen molar-refractivity contribution in [2.45, 2.75) is 6.92 Å². The summed E-state index contributed by atoms with van der Waals surface area (Å²) in [5.41, 5.74) is 3.65. The van der Waals surface area contributed by atoms with Crippen LogP contribution in [0, 0.1) is 6.92 Å². The number of carbonyl (C=O) groups is 1. The first kappa shape index (κ1) is 16.3. The van der Waals surface area contributed by atoms with Gasteiger partial charge in [-0.3, -0.25) is 9.89 Å². The molecule has 0 saturated heterocycles. The third-order valence-corrected chi connectivity index (χ3v) is 4.44. The summed E-state index contributed by atoms with van der Waals surface area (Å²) in [4.78, 5) is 12.5. The Labute approximate surface area is 148 Å². The molecule has 0 bridgehead atoms. The number of rotatable bonds is 4. The molecule has 0 aliphatic heterocycles. The quantitative estimate of drug-likeness (QED) is 0.698. The van der Waals surface area contributed by atoms with Crippen molar-refractivity contribution in [1.82, 2.24) is 10.2 Å². The van der Waals surface area contributed by atoms with Gasteiger partial charge in [0.25, 0.3) is 5.91 Å². The van der Waals surface area contributed by atoms with Crippen LogP contribution in [0.5, 0.6) is 5.75 Å². The Kier molecular flexibility index (Phi) is 4.66. The molecule has 2 aromatic carbocycles. The van der Waals surface area contributed by atoms with Crippen LogP contribution in [0.1, 0.15) is 16.1 Å². The van der Waals surface area contributed by atoms with Crippen molar-refractivity contribution >= 4 is 27.5 Å². The van der Waals surface area contributed by atoms with Gasteiger partial charge in [-0.15, -0.1) is 0 Å². The van der Waals surface area contributed by atoms with E-state index in [0.29, 0.717) is 15.9 Å². The molecule has 3 aromatic rings. The van der Waals surface area contributed by atoms with Crippen molar-refractivity contribution in [2.75, 3.05) is 12.4 Å². The van der Waals surface area contributed by atoms with Gasteiger partial charge in [-0.05, 0) is 46.6 Å². The smallest absolute Gasteiger partial charge is 0.274 e. The molecule has 1 aromatic heterocycles. The van der Waals surface area contributed by atoms with Crippen LogP contribution < -0.4 is 10.1 Å². The number of amides is 1. The molecule has 3 rings (SSSR count). The number of H-pyrrole nitrogens is 1. The number of methoxy groups -OCH3 is 1. The lowest BCUT2D eigenvalue weighted by molar-refractivity contribution is 0.102. The Balaban J connectivity index is 1.85. The number of hydrogen-bond acceptors (Lipinski definition) is 3. The summed E-state index contributed by atoms with van der Waals surface area (Å²) >= 11 is 3.47. The minimum absolute atomic E-state index is 0.259. The Bertz CT molecular complexity index is 875. The van der Waals surface area contributed by atoms with E-state index < -0.39 is 0 Å². The second-order valence-electron chi connectivity index (χ2n) is 5.26. The number of benzene rings is 2. The van der Waals surface area contributed by atoms with E-state index in [1.165, 1.54) is 0 Å². The van der Waals surface area contributed by atoms with Gasteiger partial charge in [0.15, 0.2) is 0 Å². The van der Waals surface area contributed by atoms with E-state index in [4.69, 9.17) is 4.74 Å². The van der Waals surface area contributed by atoms with Gasteiger partial charge in [0.05, 0.1) is 11.6 Å². The summed E-state index contributed by atoms with van der Waals surface area (Å²) in [6, 6.07) is 15.2. The topological polar surface area (TPSA) is 67.0 Å². The van der Waals surface area contributed by atoms with Crippen molar-refractivity contribution in [2.24, 2.45) is 0 Å². The average molecular weight is 386 g/mol. The van der Waals surface area contributed by atoms with Gasteiger partial charge in [-0.2, -0.15) is 5.10 Å². The molecule has 0 unspecified atom stereocenters. The second-order valence-corrected chi connectivity index (χ2v) is 6.06. The van der Waals surface area contributed by atoms with Gasteiger partial charge in [0, 0.05) is 11.3 Å². The number of nitrogens with one attached hydrogen (secondary N) is 2. The lowest BCUT2D eigenvalue weighted by Gasteiger charge is -2.09. The fourth-order valence-corrected chi connectivity index (χ4v) is 2.94. The van der Waals surface area contributed by atoms with Gasteiger partial charge >= 0.3 is 0 Å². The maximum atomic E-state index is 12.5. The fraction of sp³-hybridized carbons (Fsp3) is 0.111. The first-order chi connectivity index (χ1) is 11.6. The zero-order valence-corrected chi connectivity index (χ0v) is 14.8. The summed E-state index contributed by atoms with van der Waals surface area (Å²) in [6.45, 7) is 1.91. The van der Waals surface area contributed by atoms with E-state index in [1.807, 2.05) is 49.4 Å². The van der Waals surface area contributed by atoms with Crippen molar-refractivity contribution in [3.63, 3.8) is 0 Å². The zero-order valence-electron chi connectivity index (χ0n) is 13.3. The third kappa shape index (κ3) is 3.19. The number of aromatic nitrogens is 2. The molecule has 24 heavy (non-hydrogen) atoms. The molecule has 122 valence electrons. The molecule has 0 spiro atoms. The normalized spacial score (nSPS) is 10.5. The van der Waals surface area contributed by atoms with Crippen molar-refractivity contribution in [3.05, 3.63) is 64.3 Å². The van der Waals surface area contributed by atoms with Crippen LogP contribution in [-0.2, 0) is 0 Å². The highest BCUT2D eigenvalue weighted by Crippen LogP contribution is 2.29. The largest absolute Gasteiger partial charge is 0.497 e. The highest BCUT2D eigenvalue weighted by atomic mass is 79.9. The predicted octanol–water partition coefficient (Wildman–Crippen LogP) is 4.41. The van der Waals surface area contributed by atoms with Gasteiger partial charge in [-0.1, -0.05) is 30.3 Å². The van der Waals surface area contributed by atoms with Crippen LogP contribution in [0.3, 0.4) is 0 Å². The summed E-state index contributed by atoms with van der Waals surface area (Å²) in [6.07, 6.45) is 0. The van der Waals surface area contributed by atoms with Gasteiger partial charge in [-0.25, -0.2) is 0 Å². The molecule has 1 heterocycles. The Morgan fingerprint density at radius 2 is 1.96 bits per heavy atom. The molecule has 0 saturated carbocycles. The number of carbonyl (C=O) groups excluding carboxylic acids is 1. The number of ether oxygens (including phenoxy) is 1. The molecular weight excluding hydrogens is 370 g/mol. The number of aryl methyl sites for hydroxylation is 1. The lowest BCUT2D eigenvalue weighted by Crippen LogP contribution is -2.13. The number of anilines is 1. The van der Waals surface area contributed by atoms with Crippen LogP contribution in [-0.4, -0.2) is 23.2 Å². The van der Waals surface area contributed by atoms with E-state index >= 15 is 0 Å². The number of aromatic amines is 1. The van der Waals surface area contributed by atoms with Crippen LogP contribution in [0.15, 0.2) is 53.0 Å². The molecule has 0 aliphatic rings. The number of halogens is 1. The molecule has 1 amide bonds. The molecule has 5 nitrogen and oxygen atoms in total. The monoisotopic (exact) mass is 385 g/mol. The second kappa shape index (κ2) is 6.88. The first-order valence-corrected chi connectivity index (χ1v) is 8.14.